The molecule has 27 heavy (non-hydrogen) atoms. The fraction of sp³-hybridized carbons (Fsp3) is 0.167. The van der Waals surface area contributed by atoms with Gasteiger partial charge in [0.2, 0.25) is 0 Å². The molecular formula is C24H26Cl2Zr-4. The summed E-state index contributed by atoms with van der Waals surface area (Å²) >= 11 is 0. The summed E-state index contributed by atoms with van der Waals surface area (Å²) in [5.74, 6) is 0. The molecule has 0 aliphatic heterocycles. The van der Waals surface area contributed by atoms with E-state index in [4.69, 9.17) is 0 Å². The number of benzene rings is 2. The molecule has 0 unspecified atom stereocenters. The molecule has 4 rings (SSSR count). The van der Waals surface area contributed by atoms with E-state index in [-0.39, 0.29) is 51.0 Å². The molecule has 3 heteroatoms. The Kier molecular flexibility index (Phi) is 15.8. The van der Waals surface area contributed by atoms with Gasteiger partial charge in [-0.05, 0) is 0 Å². The molecule has 0 heterocycles. The first-order valence-corrected chi connectivity index (χ1v) is 8.48. The topological polar surface area (TPSA) is 0 Å². The number of hydrogen-bond donors (Lipinski definition) is 0. The van der Waals surface area contributed by atoms with Crippen molar-refractivity contribution in [1.82, 2.24) is 0 Å². The van der Waals surface area contributed by atoms with Crippen LogP contribution in [0.5, 0.6) is 0 Å². The molecule has 0 amide bonds. The predicted octanol–water partition coefficient (Wildman–Crippen LogP) is 1.17. The van der Waals surface area contributed by atoms with Crippen LogP contribution in [0.1, 0.15) is 24.0 Å². The molecule has 0 atom stereocenters. The van der Waals surface area contributed by atoms with E-state index in [0.717, 1.165) is 12.8 Å². The Balaban J connectivity index is 0. The molecule has 0 nitrogen and oxygen atoms in total. The van der Waals surface area contributed by atoms with E-state index in [2.05, 4.69) is 100 Å². The number of unbranched alkanes of at least 4 members (excludes halogenated alkanes) is 1. The minimum atomic E-state index is 0. The average Bonchev–Trinajstić information content (AvgIpc) is 3.20. The Morgan fingerprint density at radius 1 is 0.667 bits per heavy atom. The molecule has 0 spiro atoms. The van der Waals surface area contributed by atoms with Gasteiger partial charge in [0.1, 0.15) is 0 Å². The van der Waals surface area contributed by atoms with Crippen molar-refractivity contribution < 1.29 is 51.0 Å². The van der Waals surface area contributed by atoms with Crippen LogP contribution >= 0.6 is 0 Å². The molecule has 4 aromatic rings. The van der Waals surface area contributed by atoms with Crippen LogP contribution in [-0.2, 0) is 26.2 Å². The van der Waals surface area contributed by atoms with Crippen LogP contribution in [0.25, 0.3) is 21.5 Å². The Bertz CT molecular complexity index is 800. The van der Waals surface area contributed by atoms with Gasteiger partial charge in [-0.25, -0.2) is 12.8 Å². The van der Waals surface area contributed by atoms with Crippen molar-refractivity contribution in [2.45, 2.75) is 26.7 Å². The molecule has 0 fully saturated rings. The van der Waals surface area contributed by atoms with Crippen molar-refractivity contribution in [2.75, 3.05) is 0 Å². The second-order valence-electron chi connectivity index (χ2n) is 5.91. The third-order valence-corrected chi connectivity index (χ3v) is 4.05. The number of rotatable bonds is 1. The van der Waals surface area contributed by atoms with E-state index < -0.39 is 0 Å². The molecule has 0 saturated heterocycles. The molecular weight excluding hydrogens is 450 g/mol. The second kappa shape index (κ2) is 15.1. The van der Waals surface area contributed by atoms with Gasteiger partial charge in [0, 0.05) is 0 Å². The molecule has 0 aromatic heterocycles. The minimum absolute atomic E-state index is 0. The smallest absolute Gasteiger partial charge is 1.00 e. The van der Waals surface area contributed by atoms with Crippen LogP contribution in [0.15, 0.2) is 72.8 Å². The van der Waals surface area contributed by atoms with Crippen LogP contribution in [0, 0.1) is 27.7 Å². The number of fused-ring (bicyclic) bond motifs is 2. The van der Waals surface area contributed by atoms with E-state index in [1.165, 1.54) is 32.7 Å². The minimum Gasteiger partial charge on any atom is -1.00 e. The number of halogens is 2. The van der Waals surface area contributed by atoms with E-state index in [0.29, 0.717) is 0 Å². The van der Waals surface area contributed by atoms with Gasteiger partial charge in [0.15, 0.2) is 0 Å². The fourth-order valence-corrected chi connectivity index (χ4v) is 2.61. The van der Waals surface area contributed by atoms with Crippen LogP contribution in [0.2, 0.25) is 0 Å². The Hall–Kier alpha value is -0.877. The van der Waals surface area contributed by atoms with E-state index in [1.807, 2.05) is 0 Å². The van der Waals surface area contributed by atoms with Crippen LogP contribution < -0.4 is 24.8 Å². The molecule has 0 aliphatic rings. The second-order valence-corrected chi connectivity index (χ2v) is 5.91. The Labute approximate surface area is 196 Å². The quantitative estimate of drug-likeness (QED) is 0.362. The van der Waals surface area contributed by atoms with Gasteiger partial charge in [-0.15, -0.1) is 70.1 Å². The van der Waals surface area contributed by atoms with Crippen LogP contribution in [-0.4, -0.2) is 0 Å². The van der Waals surface area contributed by atoms with Crippen molar-refractivity contribution in [3.8, 4) is 0 Å². The summed E-state index contributed by atoms with van der Waals surface area (Å²) in [5, 5.41) is 5.45. The third-order valence-electron chi connectivity index (χ3n) is 4.05. The summed E-state index contributed by atoms with van der Waals surface area (Å²) in [6, 6.07) is 25.5. The first kappa shape index (κ1) is 28.3. The normalized spacial score (nSPS) is 8.89. The van der Waals surface area contributed by atoms with Gasteiger partial charge >= 0.3 is 26.2 Å². The van der Waals surface area contributed by atoms with Crippen molar-refractivity contribution in [2.24, 2.45) is 0 Å². The largest absolute Gasteiger partial charge is 2.00 e. The zero-order valence-electron chi connectivity index (χ0n) is 16.0. The Morgan fingerprint density at radius 3 is 1.30 bits per heavy atom. The molecule has 0 bridgehead atoms. The summed E-state index contributed by atoms with van der Waals surface area (Å²) in [4.78, 5) is 0. The van der Waals surface area contributed by atoms with Crippen LogP contribution in [0.4, 0.5) is 0 Å². The van der Waals surface area contributed by atoms with Gasteiger partial charge in [-0.1, -0.05) is 26.0 Å². The predicted molar refractivity (Wildman–Crippen MR) is 109 cm³/mol. The fourth-order valence-electron chi connectivity index (χ4n) is 2.61. The SMILES string of the molecule is Cc1c[cH-]c2ccccc12.Cc1c[cH-]c2ccccc12.[CH2-]CC[CH2-].[Cl-].[Cl-].[Zr+2]. The summed E-state index contributed by atoms with van der Waals surface area (Å²) < 4.78 is 0. The van der Waals surface area contributed by atoms with Gasteiger partial charge in [0.25, 0.3) is 0 Å². The molecule has 4 aromatic carbocycles. The van der Waals surface area contributed by atoms with Crippen molar-refractivity contribution in [1.29, 1.82) is 0 Å². The van der Waals surface area contributed by atoms with Gasteiger partial charge in [0.05, 0.1) is 0 Å². The number of hydrogen-bond acceptors (Lipinski definition) is 0. The van der Waals surface area contributed by atoms with Crippen molar-refractivity contribution in [3.63, 3.8) is 0 Å². The Morgan fingerprint density at radius 2 is 1.00 bits per heavy atom. The van der Waals surface area contributed by atoms with Crippen molar-refractivity contribution in [3.05, 3.63) is 97.8 Å². The van der Waals surface area contributed by atoms with Gasteiger partial charge in [-0.3, -0.25) is 0 Å². The molecule has 0 radical (unpaired) electrons. The first-order valence-electron chi connectivity index (χ1n) is 8.48. The maximum atomic E-state index is 3.54. The van der Waals surface area contributed by atoms with Crippen molar-refractivity contribution >= 4 is 21.5 Å². The van der Waals surface area contributed by atoms with Crippen LogP contribution in [0.3, 0.4) is 0 Å². The summed E-state index contributed by atoms with van der Waals surface area (Å²) in [7, 11) is 0. The maximum Gasteiger partial charge on any atom is 2.00 e. The van der Waals surface area contributed by atoms with Gasteiger partial charge < -0.3 is 38.7 Å². The summed E-state index contributed by atoms with van der Waals surface area (Å²) in [6.45, 7) is 11.4. The average molecular weight is 477 g/mol. The monoisotopic (exact) mass is 474 g/mol. The molecule has 0 N–H and O–H groups in total. The zero-order valence-corrected chi connectivity index (χ0v) is 20.0. The van der Waals surface area contributed by atoms with E-state index in [1.54, 1.807) is 0 Å². The zero-order chi connectivity index (χ0) is 17.4. The maximum absolute atomic E-state index is 3.54. The van der Waals surface area contributed by atoms with E-state index in [9.17, 15) is 0 Å². The third kappa shape index (κ3) is 8.34. The molecule has 0 saturated carbocycles. The van der Waals surface area contributed by atoms with E-state index >= 15 is 0 Å². The molecule has 144 valence electrons. The summed E-state index contributed by atoms with van der Waals surface area (Å²) in [6.07, 6.45) is 1.92. The summed E-state index contributed by atoms with van der Waals surface area (Å²) in [5.41, 5.74) is 2.74. The first-order chi connectivity index (χ1) is 11.7. The van der Waals surface area contributed by atoms with Gasteiger partial charge in [-0.2, -0.15) is 23.3 Å². The number of aryl methyl sites for hydroxylation is 2. The standard InChI is InChI=1S/2C10H9.C4H8.2ClH.Zr/c2*1-8-6-7-9-4-2-3-5-10(8)9;1-3-4-2;;;/h2*2-7H,1H3;1-4H2;2*1H;/q2*-1;-2;;;+2/p-2. The molecule has 0 aliphatic carbocycles.